The summed E-state index contributed by atoms with van der Waals surface area (Å²) in [6, 6.07) is 1.38. The molecule has 0 aliphatic rings. The Labute approximate surface area is 96.8 Å². The Morgan fingerprint density at radius 3 is 2.41 bits per heavy atom. The lowest BCUT2D eigenvalue weighted by molar-refractivity contribution is -0.136. The monoisotopic (exact) mass is 264 g/mol. The Hall–Kier alpha value is -1.50. The van der Waals surface area contributed by atoms with Crippen molar-refractivity contribution in [1.29, 1.82) is 0 Å². The van der Waals surface area contributed by atoms with Gasteiger partial charge in [-0.25, -0.2) is 17.2 Å². The Kier molecular flexibility index (Phi) is 3.82. The molecule has 0 saturated carbocycles. The van der Waals surface area contributed by atoms with E-state index in [0.29, 0.717) is 6.07 Å². The zero-order valence-corrected chi connectivity index (χ0v) is 9.72. The molecule has 0 atom stereocenters. The van der Waals surface area contributed by atoms with Gasteiger partial charge in [-0.1, -0.05) is 0 Å². The van der Waals surface area contributed by atoms with Crippen LogP contribution >= 0.6 is 0 Å². The first-order chi connectivity index (χ1) is 7.71. The van der Waals surface area contributed by atoms with E-state index in [-0.39, 0.29) is 12.0 Å². The topological polar surface area (TPSA) is 71.4 Å². The van der Waals surface area contributed by atoms with Crippen LogP contribution in [0.15, 0.2) is 17.0 Å². The summed E-state index contributed by atoms with van der Waals surface area (Å²) in [5.41, 5.74) is -0.257. The van der Waals surface area contributed by atoms with Gasteiger partial charge in [-0.05, 0) is 24.1 Å². The maximum Gasteiger partial charge on any atom is 0.303 e. The highest BCUT2D eigenvalue weighted by Gasteiger charge is 2.19. The van der Waals surface area contributed by atoms with Crippen LogP contribution in [0, 0.1) is 11.6 Å². The minimum absolute atomic E-state index is 0.257. The van der Waals surface area contributed by atoms with Gasteiger partial charge < -0.3 is 5.11 Å². The smallest absolute Gasteiger partial charge is 0.303 e. The van der Waals surface area contributed by atoms with Crippen molar-refractivity contribution in [2.75, 3.05) is 6.26 Å². The number of aryl methyl sites for hydroxylation is 1. The van der Waals surface area contributed by atoms with Gasteiger partial charge >= 0.3 is 5.97 Å². The van der Waals surface area contributed by atoms with E-state index in [0.717, 1.165) is 12.3 Å². The van der Waals surface area contributed by atoms with E-state index < -0.39 is 38.8 Å². The van der Waals surface area contributed by atoms with Crippen molar-refractivity contribution in [3.63, 3.8) is 0 Å². The van der Waals surface area contributed by atoms with Gasteiger partial charge in [0, 0.05) is 12.7 Å². The van der Waals surface area contributed by atoms with Crippen LogP contribution in [0.4, 0.5) is 8.78 Å². The third-order valence-corrected chi connectivity index (χ3v) is 3.18. The fraction of sp³-hybridized carbons (Fsp3) is 0.300. The normalized spacial score (nSPS) is 11.5. The molecule has 0 heterocycles. The number of carbonyl (C=O) groups is 1. The van der Waals surface area contributed by atoms with E-state index in [4.69, 9.17) is 5.11 Å². The summed E-state index contributed by atoms with van der Waals surface area (Å²) in [4.78, 5) is 9.56. The largest absolute Gasteiger partial charge is 0.481 e. The summed E-state index contributed by atoms with van der Waals surface area (Å²) >= 11 is 0. The van der Waals surface area contributed by atoms with Crippen LogP contribution < -0.4 is 0 Å². The van der Waals surface area contributed by atoms with Gasteiger partial charge in [-0.15, -0.1) is 0 Å². The molecule has 4 nitrogen and oxygen atoms in total. The van der Waals surface area contributed by atoms with Crippen molar-refractivity contribution >= 4 is 15.8 Å². The molecule has 0 bridgehead atoms. The molecule has 1 aromatic carbocycles. The van der Waals surface area contributed by atoms with Crippen LogP contribution in [0.5, 0.6) is 0 Å². The Morgan fingerprint density at radius 1 is 1.35 bits per heavy atom. The summed E-state index contributed by atoms with van der Waals surface area (Å²) in [7, 11) is -3.88. The SMILES string of the molecule is CS(=O)(=O)c1cc(F)cc(CCC(=O)O)c1F. The van der Waals surface area contributed by atoms with E-state index in [9.17, 15) is 22.0 Å². The lowest BCUT2D eigenvalue weighted by Gasteiger charge is -2.06. The van der Waals surface area contributed by atoms with Gasteiger partial charge in [-0.3, -0.25) is 4.79 Å². The summed E-state index contributed by atoms with van der Waals surface area (Å²) in [5.74, 6) is -3.17. The molecule has 0 spiro atoms. The minimum Gasteiger partial charge on any atom is -0.481 e. The molecule has 0 aliphatic heterocycles. The van der Waals surface area contributed by atoms with Crippen molar-refractivity contribution in [1.82, 2.24) is 0 Å². The fourth-order valence-electron chi connectivity index (χ4n) is 1.31. The second-order valence-electron chi connectivity index (χ2n) is 3.54. The highest BCUT2D eigenvalue weighted by molar-refractivity contribution is 7.90. The van der Waals surface area contributed by atoms with E-state index in [2.05, 4.69) is 0 Å². The van der Waals surface area contributed by atoms with Crippen LogP contribution in [0.25, 0.3) is 0 Å². The first-order valence-corrected chi connectivity index (χ1v) is 6.50. The molecule has 1 aromatic rings. The molecule has 0 saturated heterocycles. The average Bonchev–Trinajstić information content (AvgIpc) is 2.17. The number of hydrogen-bond donors (Lipinski definition) is 1. The minimum atomic E-state index is -3.88. The number of rotatable bonds is 4. The molecule has 0 fully saturated rings. The zero-order valence-electron chi connectivity index (χ0n) is 8.91. The van der Waals surface area contributed by atoms with Gasteiger partial charge in [0.05, 0.1) is 0 Å². The Morgan fingerprint density at radius 2 is 1.94 bits per heavy atom. The molecule has 0 radical (unpaired) electrons. The van der Waals surface area contributed by atoms with Crippen molar-refractivity contribution in [3.05, 3.63) is 29.3 Å². The summed E-state index contributed by atoms with van der Waals surface area (Å²) < 4.78 is 49.1. The van der Waals surface area contributed by atoms with Crippen molar-refractivity contribution in [3.8, 4) is 0 Å². The predicted molar refractivity (Wildman–Crippen MR) is 55.4 cm³/mol. The van der Waals surface area contributed by atoms with Gasteiger partial charge in [0.15, 0.2) is 9.84 Å². The molecular weight excluding hydrogens is 254 g/mol. The Balaban J connectivity index is 3.24. The number of hydrogen-bond acceptors (Lipinski definition) is 3. The van der Waals surface area contributed by atoms with Gasteiger partial charge in [0.2, 0.25) is 0 Å². The third-order valence-electron chi connectivity index (χ3n) is 2.09. The standard InChI is InChI=1S/C10H10F2O4S/c1-17(15,16)8-5-7(11)4-6(10(8)12)2-3-9(13)14/h4-5H,2-3H2,1H3,(H,13,14). The number of halogens is 2. The quantitative estimate of drug-likeness (QED) is 0.892. The van der Waals surface area contributed by atoms with E-state index in [1.807, 2.05) is 0 Å². The predicted octanol–water partition coefficient (Wildman–Crippen LogP) is 1.39. The van der Waals surface area contributed by atoms with Crippen molar-refractivity contribution in [2.24, 2.45) is 0 Å². The second kappa shape index (κ2) is 4.79. The Bertz CT molecular complexity index is 552. The summed E-state index contributed by atoms with van der Waals surface area (Å²) in [6.07, 6.45) is 0.0941. The molecule has 0 amide bonds. The highest BCUT2D eigenvalue weighted by atomic mass is 32.2. The maximum absolute atomic E-state index is 13.7. The molecule has 7 heteroatoms. The van der Waals surface area contributed by atoms with Crippen LogP contribution in [-0.4, -0.2) is 25.7 Å². The number of benzene rings is 1. The van der Waals surface area contributed by atoms with Crippen LogP contribution in [0.2, 0.25) is 0 Å². The average molecular weight is 264 g/mol. The number of sulfone groups is 1. The lowest BCUT2D eigenvalue weighted by atomic mass is 10.1. The van der Waals surface area contributed by atoms with Crippen molar-refractivity contribution < 1.29 is 27.1 Å². The number of carboxylic acid groups (broad SMARTS) is 1. The summed E-state index contributed by atoms with van der Waals surface area (Å²) in [5, 5.41) is 8.43. The second-order valence-corrected chi connectivity index (χ2v) is 5.53. The molecule has 1 N–H and O–H groups in total. The first-order valence-electron chi connectivity index (χ1n) is 4.61. The third kappa shape index (κ3) is 3.48. The molecule has 17 heavy (non-hydrogen) atoms. The number of carboxylic acids is 1. The molecule has 1 rings (SSSR count). The molecular formula is C10H10F2O4S. The van der Waals surface area contributed by atoms with Crippen LogP contribution in [0.1, 0.15) is 12.0 Å². The number of aliphatic carboxylic acids is 1. The van der Waals surface area contributed by atoms with Crippen LogP contribution in [0.3, 0.4) is 0 Å². The lowest BCUT2D eigenvalue weighted by Crippen LogP contribution is -2.07. The van der Waals surface area contributed by atoms with Gasteiger partial charge in [-0.2, -0.15) is 0 Å². The van der Waals surface area contributed by atoms with Gasteiger partial charge in [0.1, 0.15) is 16.5 Å². The fourth-order valence-corrected chi connectivity index (χ4v) is 2.09. The first kappa shape index (κ1) is 13.6. The molecule has 0 unspecified atom stereocenters. The van der Waals surface area contributed by atoms with E-state index >= 15 is 0 Å². The van der Waals surface area contributed by atoms with E-state index in [1.165, 1.54) is 0 Å². The highest BCUT2D eigenvalue weighted by Crippen LogP contribution is 2.21. The van der Waals surface area contributed by atoms with Crippen molar-refractivity contribution in [2.45, 2.75) is 17.7 Å². The summed E-state index contributed by atoms with van der Waals surface area (Å²) in [6.45, 7) is 0. The molecule has 94 valence electrons. The molecule has 0 aliphatic carbocycles. The van der Waals surface area contributed by atoms with Gasteiger partial charge in [0.25, 0.3) is 0 Å². The van der Waals surface area contributed by atoms with Crippen LogP contribution in [-0.2, 0) is 21.1 Å². The zero-order chi connectivity index (χ0) is 13.2. The molecule has 0 aromatic heterocycles. The van der Waals surface area contributed by atoms with E-state index in [1.54, 1.807) is 0 Å². The maximum atomic E-state index is 13.7.